The Labute approximate surface area is 136 Å². The van der Waals surface area contributed by atoms with Crippen LogP contribution in [-0.2, 0) is 12.8 Å². The molecule has 1 aliphatic carbocycles. The highest BCUT2D eigenvalue weighted by atomic mass is 15.1. The van der Waals surface area contributed by atoms with Gasteiger partial charge in [-0.1, -0.05) is 17.7 Å². The molecule has 0 amide bonds. The monoisotopic (exact) mass is 306 g/mol. The molecule has 1 aromatic carbocycles. The van der Waals surface area contributed by atoms with Crippen LogP contribution in [0.5, 0.6) is 0 Å². The van der Waals surface area contributed by atoms with Crippen molar-refractivity contribution < 1.29 is 0 Å². The van der Waals surface area contributed by atoms with Gasteiger partial charge in [0, 0.05) is 17.3 Å². The second-order valence-electron chi connectivity index (χ2n) is 6.68. The molecule has 3 aromatic rings. The molecule has 0 saturated carbocycles. The van der Waals surface area contributed by atoms with E-state index in [9.17, 15) is 0 Å². The van der Waals surface area contributed by atoms with Gasteiger partial charge < -0.3 is 5.73 Å². The van der Waals surface area contributed by atoms with Crippen LogP contribution in [0.2, 0.25) is 0 Å². The van der Waals surface area contributed by atoms with Crippen molar-refractivity contribution in [3.8, 4) is 5.69 Å². The van der Waals surface area contributed by atoms with Crippen molar-refractivity contribution in [2.24, 2.45) is 0 Å². The zero-order chi connectivity index (χ0) is 16.1. The maximum atomic E-state index is 5.89. The van der Waals surface area contributed by atoms with Crippen molar-refractivity contribution in [3.05, 3.63) is 46.3 Å². The molecule has 4 heteroatoms. The van der Waals surface area contributed by atoms with Gasteiger partial charge in [0.15, 0.2) is 5.65 Å². The Morgan fingerprint density at radius 2 is 1.74 bits per heavy atom. The molecule has 0 fully saturated rings. The van der Waals surface area contributed by atoms with Crippen LogP contribution in [0, 0.1) is 20.8 Å². The lowest BCUT2D eigenvalue weighted by Gasteiger charge is -2.19. The van der Waals surface area contributed by atoms with Crippen molar-refractivity contribution in [1.29, 1.82) is 0 Å². The van der Waals surface area contributed by atoms with E-state index in [2.05, 4.69) is 47.4 Å². The lowest BCUT2D eigenvalue weighted by Crippen LogP contribution is -2.10. The van der Waals surface area contributed by atoms with E-state index in [1.54, 1.807) is 0 Å². The minimum atomic E-state index is 0.344. The predicted molar refractivity (Wildman–Crippen MR) is 94.1 cm³/mol. The molecule has 0 radical (unpaired) electrons. The number of aryl methyl sites for hydroxylation is 4. The standard InChI is InChI=1S/C19H22N4/c1-11-8-12(2)17(13(3)9-11)23-16-7-5-4-6-14(16)15-10-21-19(20)22-18(15)23/h8-10H,4-7H2,1-3H3,(H2,20,21,22). The fourth-order valence-electron chi connectivity index (χ4n) is 4.09. The molecule has 2 aromatic heterocycles. The third-order valence-electron chi connectivity index (χ3n) is 4.89. The van der Waals surface area contributed by atoms with Gasteiger partial charge in [-0.3, -0.25) is 4.57 Å². The summed E-state index contributed by atoms with van der Waals surface area (Å²) < 4.78 is 2.34. The summed E-state index contributed by atoms with van der Waals surface area (Å²) in [5.41, 5.74) is 14.8. The van der Waals surface area contributed by atoms with Gasteiger partial charge in [0.25, 0.3) is 0 Å². The molecule has 0 atom stereocenters. The Bertz CT molecular complexity index is 898. The van der Waals surface area contributed by atoms with Crippen LogP contribution in [0.25, 0.3) is 16.7 Å². The molecule has 2 heterocycles. The van der Waals surface area contributed by atoms with Gasteiger partial charge in [-0.15, -0.1) is 0 Å². The Balaban J connectivity index is 2.13. The smallest absolute Gasteiger partial charge is 0.221 e. The lowest BCUT2D eigenvalue weighted by atomic mass is 9.96. The summed E-state index contributed by atoms with van der Waals surface area (Å²) in [5, 5.41) is 1.16. The molecule has 1 aliphatic rings. The van der Waals surface area contributed by atoms with E-state index >= 15 is 0 Å². The molecule has 4 nitrogen and oxygen atoms in total. The summed E-state index contributed by atoms with van der Waals surface area (Å²) in [6.45, 7) is 6.51. The third-order valence-corrected chi connectivity index (χ3v) is 4.89. The Morgan fingerprint density at radius 1 is 1.04 bits per heavy atom. The van der Waals surface area contributed by atoms with E-state index in [1.807, 2.05) is 6.20 Å². The number of rotatable bonds is 1. The summed E-state index contributed by atoms with van der Waals surface area (Å²) in [6, 6.07) is 4.49. The first kappa shape index (κ1) is 14.2. The van der Waals surface area contributed by atoms with E-state index in [0.717, 1.165) is 23.9 Å². The fourth-order valence-corrected chi connectivity index (χ4v) is 4.09. The summed E-state index contributed by atoms with van der Waals surface area (Å²) in [4.78, 5) is 8.83. The molecule has 0 saturated heterocycles. The maximum absolute atomic E-state index is 5.89. The van der Waals surface area contributed by atoms with Crippen molar-refractivity contribution in [3.63, 3.8) is 0 Å². The van der Waals surface area contributed by atoms with Crippen LogP contribution in [0.3, 0.4) is 0 Å². The second kappa shape index (κ2) is 5.08. The second-order valence-corrected chi connectivity index (χ2v) is 6.68. The summed E-state index contributed by atoms with van der Waals surface area (Å²) in [5.74, 6) is 0.344. The molecule has 4 rings (SSSR count). The minimum Gasteiger partial charge on any atom is -0.368 e. The highest BCUT2D eigenvalue weighted by Crippen LogP contribution is 2.35. The van der Waals surface area contributed by atoms with Crippen molar-refractivity contribution in [2.45, 2.75) is 46.5 Å². The van der Waals surface area contributed by atoms with Gasteiger partial charge in [0.1, 0.15) is 0 Å². The van der Waals surface area contributed by atoms with Gasteiger partial charge in [0.2, 0.25) is 5.95 Å². The molecule has 23 heavy (non-hydrogen) atoms. The molecule has 0 unspecified atom stereocenters. The molecule has 0 bridgehead atoms. The minimum absolute atomic E-state index is 0.344. The summed E-state index contributed by atoms with van der Waals surface area (Å²) in [6.07, 6.45) is 6.57. The average Bonchev–Trinajstić information content (AvgIpc) is 2.81. The summed E-state index contributed by atoms with van der Waals surface area (Å²) >= 11 is 0. The Morgan fingerprint density at radius 3 is 2.48 bits per heavy atom. The number of anilines is 1. The number of nitrogens with two attached hydrogens (primary N) is 1. The van der Waals surface area contributed by atoms with E-state index in [4.69, 9.17) is 5.73 Å². The van der Waals surface area contributed by atoms with E-state index in [0.29, 0.717) is 5.95 Å². The third kappa shape index (κ3) is 2.12. The lowest BCUT2D eigenvalue weighted by molar-refractivity contribution is 0.665. The molecular weight excluding hydrogens is 284 g/mol. The average molecular weight is 306 g/mol. The van der Waals surface area contributed by atoms with Crippen molar-refractivity contribution >= 4 is 17.0 Å². The van der Waals surface area contributed by atoms with Crippen LogP contribution < -0.4 is 5.73 Å². The molecule has 2 N–H and O–H groups in total. The molecule has 0 aliphatic heterocycles. The number of nitrogens with zero attached hydrogens (tertiary/aromatic N) is 3. The molecule has 0 spiro atoms. The number of hydrogen-bond donors (Lipinski definition) is 1. The predicted octanol–water partition coefficient (Wildman–Crippen LogP) is 3.81. The number of aromatic nitrogens is 3. The summed E-state index contributed by atoms with van der Waals surface area (Å²) in [7, 11) is 0. The number of nitrogen functional groups attached to an aromatic ring is 1. The fraction of sp³-hybridized carbons (Fsp3) is 0.368. The van der Waals surface area contributed by atoms with Crippen molar-refractivity contribution in [2.75, 3.05) is 5.73 Å². The highest BCUT2D eigenvalue weighted by Gasteiger charge is 2.23. The number of benzene rings is 1. The molecular formula is C19H22N4. The molecule has 118 valence electrons. The van der Waals surface area contributed by atoms with Gasteiger partial charge in [-0.05, 0) is 63.1 Å². The van der Waals surface area contributed by atoms with Crippen LogP contribution in [-0.4, -0.2) is 14.5 Å². The zero-order valence-electron chi connectivity index (χ0n) is 14.0. The Hall–Kier alpha value is -2.36. The number of fused-ring (bicyclic) bond motifs is 3. The van der Waals surface area contributed by atoms with Crippen LogP contribution in [0.4, 0.5) is 5.95 Å². The van der Waals surface area contributed by atoms with Crippen molar-refractivity contribution in [1.82, 2.24) is 14.5 Å². The number of hydrogen-bond acceptors (Lipinski definition) is 3. The van der Waals surface area contributed by atoms with Gasteiger partial charge in [-0.25, -0.2) is 4.98 Å². The Kier molecular flexibility index (Phi) is 3.15. The topological polar surface area (TPSA) is 56.7 Å². The van der Waals surface area contributed by atoms with Gasteiger partial charge in [-0.2, -0.15) is 4.98 Å². The first-order chi connectivity index (χ1) is 11.1. The largest absolute Gasteiger partial charge is 0.368 e. The highest BCUT2D eigenvalue weighted by molar-refractivity contribution is 5.85. The first-order valence-corrected chi connectivity index (χ1v) is 8.29. The quantitative estimate of drug-likeness (QED) is 0.744. The van der Waals surface area contributed by atoms with E-state index in [1.165, 1.54) is 46.5 Å². The first-order valence-electron chi connectivity index (χ1n) is 8.29. The van der Waals surface area contributed by atoms with Crippen LogP contribution in [0.15, 0.2) is 18.3 Å². The van der Waals surface area contributed by atoms with Gasteiger partial charge >= 0.3 is 0 Å². The maximum Gasteiger partial charge on any atom is 0.221 e. The van der Waals surface area contributed by atoms with Crippen LogP contribution in [0.1, 0.15) is 40.8 Å². The van der Waals surface area contributed by atoms with E-state index in [-0.39, 0.29) is 0 Å². The van der Waals surface area contributed by atoms with Crippen LogP contribution >= 0.6 is 0 Å². The van der Waals surface area contributed by atoms with E-state index < -0.39 is 0 Å². The normalized spacial score (nSPS) is 14.2. The SMILES string of the molecule is Cc1cc(C)c(-n2c3c(c4cnc(N)nc42)CCCC3)c(C)c1. The van der Waals surface area contributed by atoms with Gasteiger partial charge in [0.05, 0.1) is 5.69 Å². The zero-order valence-corrected chi connectivity index (χ0v) is 14.0.